The van der Waals surface area contributed by atoms with Crippen molar-refractivity contribution in [1.29, 1.82) is 0 Å². The van der Waals surface area contributed by atoms with Crippen molar-refractivity contribution in [3.63, 3.8) is 0 Å². The molecule has 0 heterocycles. The highest BCUT2D eigenvalue weighted by Crippen LogP contribution is 2.13. The quantitative estimate of drug-likeness (QED) is 0.467. The van der Waals surface area contributed by atoms with Gasteiger partial charge in [0.1, 0.15) is 0 Å². The first-order chi connectivity index (χ1) is 5.72. The first-order valence-electron chi connectivity index (χ1n) is 4.17. The van der Waals surface area contributed by atoms with E-state index in [1.807, 2.05) is 0 Å². The number of carboxylic acids is 1. The van der Waals surface area contributed by atoms with Crippen molar-refractivity contribution in [2.45, 2.75) is 25.7 Å². The van der Waals surface area contributed by atoms with E-state index >= 15 is 0 Å². The van der Waals surface area contributed by atoms with Crippen molar-refractivity contribution in [3.8, 4) is 0 Å². The van der Waals surface area contributed by atoms with Gasteiger partial charge in [0.2, 0.25) is 0 Å². The van der Waals surface area contributed by atoms with Gasteiger partial charge >= 0.3 is 5.97 Å². The third kappa shape index (κ3) is 7.70. The Morgan fingerprint density at radius 3 is 1.69 bits per heavy atom. The van der Waals surface area contributed by atoms with Crippen LogP contribution >= 0.6 is 0 Å². The van der Waals surface area contributed by atoms with Crippen LogP contribution in [0.25, 0.3) is 0 Å². The van der Waals surface area contributed by atoms with Crippen LogP contribution in [0.15, 0.2) is 0 Å². The van der Waals surface area contributed by atoms with Gasteiger partial charge < -0.3 is 21.5 Å². The van der Waals surface area contributed by atoms with Crippen molar-refractivity contribution < 1.29 is 20.1 Å². The van der Waals surface area contributed by atoms with Crippen molar-refractivity contribution in [2.24, 2.45) is 5.92 Å². The molecular formula is C8H19NO4. The molecule has 0 aromatic carbocycles. The van der Waals surface area contributed by atoms with E-state index in [4.69, 9.17) is 15.3 Å². The van der Waals surface area contributed by atoms with Crippen LogP contribution in [-0.2, 0) is 4.79 Å². The molecule has 0 aliphatic rings. The standard InChI is InChI=1S/C8H16O4.H3N/c9-5-1-3-7(8(11)12)4-2-6-10;/h7,9-10H,1-6H2,(H,11,12);1H3. The van der Waals surface area contributed by atoms with Gasteiger partial charge in [-0.05, 0) is 25.7 Å². The maximum atomic E-state index is 10.5. The van der Waals surface area contributed by atoms with Crippen molar-refractivity contribution >= 4 is 5.97 Å². The molecule has 0 bridgehead atoms. The van der Waals surface area contributed by atoms with Crippen molar-refractivity contribution in [1.82, 2.24) is 6.15 Å². The van der Waals surface area contributed by atoms with E-state index in [0.29, 0.717) is 25.7 Å². The van der Waals surface area contributed by atoms with Crippen LogP contribution in [-0.4, -0.2) is 34.5 Å². The summed E-state index contributed by atoms with van der Waals surface area (Å²) in [5.41, 5.74) is 0. The topological polar surface area (TPSA) is 113 Å². The van der Waals surface area contributed by atoms with E-state index in [1.165, 1.54) is 0 Å². The van der Waals surface area contributed by atoms with Crippen molar-refractivity contribution in [2.75, 3.05) is 13.2 Å². The number of carbonyl (C=O) groups is 1. The van der Waals surface area contributed by atoms with Gasteiger partial charge in [-0.2, -0.15) is 0 Å². The van der Waals surface area contributed by atoms with E-state index in [2.05, 4.69) is 0 Å². The summed E-state index contributed by atoms with van der Waals surface area (Å²) in [5, 5.41) is 25.6. The Balaban J connectivity index is 0. The van der Waals surface area contributed by atoms with Crippen LogP contribution in [0.5, 0.6) is 0 Å². The lowest BCUT2D eigenvalue weighted by molar-refractivity contribution is -0.142. The van der Waals surface area contributed by atoms with Gasteiger partial charge in [0.15, 0.2) is 0 Å². The maximum absolute atomic E-state index is 10.5. The van der Waals surface area contributed by atoms with Crippen LogP contribution in [0.1, 0.15) is 25.7 Å². The molecule has 0 unspecified atom stereocenters. The van der Waals surface area contributed by atoms with Crippen molar-refractivity contribution in [3.05, 3.63) is 0 Å². The highest BCUT2D eigenvalue weighted by Gasteiger charge is 2.15. The molecule has 0 atom stereocenters. The van der Waals surface area contributed by atoms with Gasteiger partial charge in [-0.3, -0.25) is 4.79 Å². The number of aliphatic carboxylic acids is 1. The molecule has 80 valence electrons. The Hall–Kier alpha value is -0.650. The largest absolute Gasteiger partial charge is 0.481 e. The number of hydrogen-bond acceptors (Lipinski definition) is 4. The fraction of sp³-hybridized carbons (Fsp3) is 0.875. The monoisotopic (exact) mass is 193 g/mol. The molecule has 0 radical (unpaired) electrons. The van der Waals surface area contributed by atoms with Crippen LogP contribution in [0.2, 0.25) is 0 Å². The third-order valence-corrected chi connectivity index (χ3v) is 1.77. The highest BCUT2D eigenvalue weighted by molar-refractivity contribution is 5.69. The SMILES string of the molecule is N.O=C(O)C(CCCO)CCCO. The van der Waals surface area contributed by atoms with Gasteiger partial charge in [0.05, 0.1) is 5.92 Å². The average Bonchev–Trinajstić information content (AvgIpc) is 2.04. The van der Waals surface area contributed by atoms with Gasteiger partial charge in [-0.1, -0.05) is 0 Å². The lowest BCUT2D eigenvalue weighted by atomic mass is 9.98. The fourth-order valence-electron chi connectivity index (χ4n) is 1.07. The summed E-state index contributed by atoms with van der Waals surface area (Å²) in [6.45, 7) is 0.0613. The summed E-state index contributed by atoms with van der Waals surface area (Å²) in [6, 6.07) is 0. The van der Waals surface area contributed by atoms with Crippen LogP contribution in [0, 0.1) is 5.92 Å². The minimum absolute atomic E-state index is 0. The Bertz CT molecular complexity index is 121. The lowest BCUT2D eigenvalue weighted by Crippen LogP contribution is -2.14. The molecule has 0 spiro atoms. The summed E-state index contributed by atoms with van der Waals surface area (Å²) < 4.78 is 0. The Kier molecular flexibility index (Phi) is 10.8. The molecule has 0 saturated heterocycles. The molecule has 6 N–H and O–H groups in total. The Morgan fingerprint density at radius 2 is 1.46 bits per heavy atom. The first kappa shape index (κ1) is 14.9. The molecule has 0 aliphatic carbocycles. The minimum atomic E-state index is -0.836. The molecule has 5 heteroatoms. The van der Waals surface area contributed by atoms with E-state index in [-0.39, 0.29) is 19.4 Å². The number of carboxylic acid groups (broad SMARTS) is 1. The number of aliphatic hydroxyl groups is 2. The molecule has 0 saturated carbocycles. The second kappa shape index (κ2) is 9.44. The highest BCUT2D eigenvalue weighted by atomic mass is 16.4. The summed E-state index contributed by atoms with van der Waals surface area (Å²) in [5.74, 6) is -1.25. The van der Waals surface area contributed by atoms with E-state index in [1.54, 1.807) is 0 Å². The molecule has 0 aromatic heterocycles. The second-order valence-electron chi connectivity index (χ2n) is 2.77. The smallest absolute Gasteiger partial charge is 0.306 e. The minimum Gasteiger partial charge on any atom is -0.481 e. The van der Waals surface area contributed by atoms with Crippen LogP contribution in [0.4, 0.5) is 0 Å². The zero-order chi connectivity index (χ0) is 9.40. The normalized spacial score (nSPS) is 9.77. The summed E-state index contributed by atoms with van der Waals surface area (Å²) in [7, 11) is 0. The van der Waals surface area contributed by atoms with Gasteiger partial charge in [-0.15, -0.1) is 0 Å². The molecule has 5 nitrogen and oxygen atoms in total. The van der Waals surface area contributed by atoms with Gasteiger partial charge in [-0.25, -0.2) is 0 Å². The summed E-state index contributed by atoms with van der Waals surface area (Å²) in [6.07, 6.45) is 2.02. The zero-order valence-electron chi connectivity index (χ0n) is 7.78. The van der Waals surface area contributed by atoms with Crippen LogP contribution in [0.3, 0.4) is 0 Å². The fourth-order valence-corrected chi connectivity index (χ4v) is 1.07. The van der Waals surface area contributed by atoms with Gasteiger partial charge in [0.25, 0.3) is 0 Å². The maximum Gasteiger partial charge on any atom is 0.306 e. The molecule has 0 rings (SSSR count). The van der Waals surface area contributed by atoms with E-state index in [9.17, 15) is 4.79 Å². The van der Waals surface area contributed by atoms with E-state index < -0.39 is 11.9 Å². The average molecular weight is 193 g/mol. The molecular weight excluding hydrogens is 174 g/mol. The molecule has 13 heavy (non-hydrogen) atoms. The second-order valence-corrected chi connectivity index (χ2v) is 2.77. The zero-order valence-corrected chi connectivity index (χ0v) is 7.78. The summed E-state index contributed by atoms with van der Waals surface area (Å²) in [4.78, 5) is 10.5. The van der Waals surface area contributed by atoms with Crippen LogP contribution < -0.4 is 6.15 Å². The Labute approximate surface area is 78.0 Å². The van der Waals surface area contributed by atoms with Gasteiger partial charge in [0, 0.05) is 13.2 Å². The van der Waals surface area contributed by atoms with E-state index in [0.717, 1.165) is 0 Å². The number of aliphatic hydroxyl groups excluding tert-OH is 2. The summed E-state index contributed by atoms with van der Waals surface area (Å²) >= 11 is 0. The predicted octanol–water partition coefficient (Wildman–Crippen LogP) is 0.394. The Morgan fingerprint density at radius 1 is 1.08 bits per heavy atom. The molecule has 0 fully saturated rings. The molecule has 0 amide bonds. The molecule has 0 aliphatic heterocycles. The molecule has 0 aromatic rings. The number of hydrogen-bond donors (Lipinski definition) is 4. The predicted molar refractivity (Wildman–Crippen MR) is 48.8 cm³/mol. The first-order valence-corrected chi connectivity index (χ1v) is 4.17. The number of rotatable bonds is 7. The third-order valence-electron chi connectivity index (χ3n) is 1.77. The lowest BCUT2D eigenvalue weighted by Gasteiger charge is -2.09.